The van der Waals surface area contributed by atoms with Gasteiger partial charge < -0.3 is 4.90 Å². The lowest BCUT2D eigenvalue weighted by atomic mass is 10.7. The van der Waals surface area contributed by atoms with E-state index in [2.05, 4.69) is 0 Å². The molecule has 0 amide bonds. The second-order valence-electron chi connectivity index (χ2n) is 1.30. The van der Waals surface area contributed by atoms with Crippen molar-refractivity contribution in [2.75, 3.05) is 20.6 Å². The van der Waals surface area contributed by atoms with E-state index in [1.807, 2.05) is 19.0 Å². The number of hydrogen-bond donors (Lipinski definition) is 0. The first-order valence-corrected chi connectivity index (χ1v) is 1.71. The summed E-state index contributed by atoms with van der Waals surface area (Å²) < 4.78 is 6.69. The SMILES string of the molecule is [2H]CCN(C)C. The third-order valence-electron chi connectivity index (χ3n) is 0.447. The van der Waals surface area contributed by atoms with Crippen molar-refractivity contribution < 1.29 is 1.37 Å². The molecule has 0 heterocycles. The topological polar surface area (TPSA) is 3.24 Å². The third-order valence-corrected chi connectivity index (χ3v) is 0.447. The average molecular weight is 74.1 g/mol. The Morgan fingerprint density at radius 2 is 2.40 bits per heavy atom. The first-order chi connectivity index (χ1) is 2.77. The van der Waals surface area contributed by atoms with Gasteiger partial charge in [0, 0.05) is 1.37 Å². The molecule has 5 heavy (non-hydrogen) atoms. The van der Waals surface area contributed by atoms with Crippen molar-refractivity contribution in [2.45, 2.75) is 6.90 Å². The van der Waals surface area contributed by atoms with Gasteiger partial charge in [0.1, 0.15) is 0 Å². The van der Waals surface area contributed by atoms with E-state index in [1.165, 1.54) is 0 Å². The maximum Gasteiger partial charge on any atom is 0.0243 e. The standard InChI is InChI=1S/C4H11N/c1-4-5(2)3/h4H2,1-3H3/i1D. The molecule has 0 aliphatic carbocycles. The van der Waals surface area contributed by atoms with Gasteiger partial charge in [-0.15, -0.1) is 0 Å². The van der Waals surface area contributed by atoms with E-state index in [-0.39, 0.29) is 0 Å². The van der Waals surface area contributed by atoms with E-state index in [1.54, 1.807) is 0 Å². The molecule has 0 atom stereocenters. The highest BCUT2D eigenvalue weighted by Gasteiger charge is 1.72. The zero-order chi connectivity index (χ0) is 4.99. The minimum Gasteiger partial charge on any atom is -0.310 e. The Morgan fingerprint density at radius 1 is 1.80 bits per heavy atom. The largest absolute Gasteiger partial charge is 0.310 e. The molecule has 0 bridgehead atoms. The van der Waals surface area contributed by atoms with Gasteiger partial charge >= 0.3 is 0 Å². The zero-order valence-electron chi connectivity index (χ0n) is 4.86. The normalized spacial score (nSPS) is 12.2. The second kappa shape index (κ2) is 2.21. The Hall–Kier alpha value is -0.0400. The van der Waals surface area contributed by atoms with Gasteiger partial charge in [-0.1, -0.05) is 6.90 Å². The van der Waals surface area contributed by atoms with E-state index in [4.69, 9.17) is 1.37 Å². The minimum absolute atomic E-state index is 0.507. The summed E-state index contributed by atoms with van der Waals surface area (Å²) in [5, 5.41) is 0. The summed E-state index contributed by atoms with van der Waals surface area (Å²) >= 11 is 0. The zero-order valence-corrected chi connectivity index (χ0v) is 3.86. The van der Waals surface area contributed by atoms with Gasteiger partial charge in [0.15, 0.2) is 0 Å². The van der Waals surface area contributed by atoms with Crippen molar-refractivity contribution in [3.8, 4) is 0 Å². The molecule has 0 rings (SSSR count). The molecule has 0 N–H and O–H groups in total. The van der Waals surface area contributed by atoms with Crippen LogP contribution in [-0.2, 0) is 0 Å². The molecule has 32 valence electrons. The molecular formula is C4H11N. The fourth-order valence-corrected chi connectivity index (χ4v) is 0. The van der Waals surface area contributed by atoms with Crippen LogP contribution in [-0.4, -0.2) is 25.5 Å². The van der Waals surface area contributed by atoms with Crippen molar-refractivity contribution >= 4 is 0 Å². The Kier molecular flexibility index (Phi) is 1.40. The molecule has 0 aromatic carbocycles. The molecule has 0 aromatic heterocycles. The third kappa shape index (κ3) is 3.96. The van der Waals surface area contributed by atoms with Gasteiger partial charge in [0.2, 0.25) is 0 Å². The van der Waals surface area contributed by atoms with Crippen LogP contribution in [0.25, 0.3) is 0 Å². The summed E-state index contributed by atoms with van der Waals surface area (Å²) in [6.07, 6.45) is 0. The second-order valence-corrected chi connectivity index (χ2v) is 1.30. The predicted molar refractivity (Wildman–Crippen MR) is 24.2 cm³/mol. The lowest BCUT2D eigenvalue weighted by Gasteiger charge is -2.00. The molecule has 0 saturated carbocycles. The van der Waals surface area contributed by atoms with Crippen LogP contribution in [0.4, 0.5) is 0 Å². The molecule has 0 aromatic rings. The number of rotatable bonds is 1. The Balaban J connectivity index is 2.63. The first kappa shape index (κ1) is 3.16. The van der Waals surface area contributed by atoms with E-state index in [9.17, 15) is 0 Å². The predicted octanol–water partition coefficient (Wildman–Crippen LogP) is 0.568. The van der Waals surface area contributed by atoms with Crippen molar-refractivity contribution in [2.24, 2.45) is 0 Å². The van der Waals surface area contributed by atoms with Gasteiger partial charge in [-0.25, -0.2) is 0 Å². The van der Waals surface area contributed by atoms with E-state index < -0.39 is 0 Å². The minimum atomic E-state index is 0.507. The van der Waals surface area contributed by atoms with Gasteiger partial charge in [0.05, 0.1) is 0 Å². The highest BCUT2D eigenvalue weighted by Crippen LogP contribution is 1.63. The summed E-state index contributed by atoms with van der Waals surface area (Å²) in [6.45, 7) is 1.38. The summed E-state index contributed by atoms with van der Waals surface area (Å²) in [5.74, 6) is 0. The van der Waals surface area contributed by atoms with Gasteiger partial charge in [-0.2, -0.15) is 0 Å². The highest BCUT2D eigenvalue weighted by atomic mass is 15.0. The molecule has 0 aliphatic rings. The monoisotopic (exact) mass is 74.1 g/mol. The van der Waals surface area contributed by atoms with Crippen LogP contribution in [0, 0.1) is 0 Å². The van der Waals surface area contributed by atoms with Gasteiger partial charge in [0.25, 0.3) is 0 Å². The Morgan fingerprint density at radius 3 is 2.40 bits per heavy atom. The summed E-state index contributed by atoms with van der Waals surface area (Å²) in [6, 6.07) is 0. The number of nitrogens with zero attached hydrogens (tertiary/aromatic N) is 1. The van der Waals surface area contributed by atoms with Crippen molar-refractivity contribution in [1.29, 1.82) is 0 Å². The van der Waals surface area contributed by atoms with E-state index in [0.717, 1.165) is 6.54 Å². The molecule has 0 aliphatic heterocycles. The molecule has 0 spiro atoms. The lowest BCUT2D eigenvalue weighted by molar-refractivity contribution is 0.434. The fraction of sp³-hybridized carbons (Fsp3) is 1.00. The quantitative estimate of drug-likeness (QED) is 0.439. The molecule has 0 saturated heterocycles. The Bertz CT molecular complexity index is 28.7. The van der Waals surface area contributed by atoms with Crippen molar-refractivity contribution in [3.63, 3.8) is 0 Å². The fourth-order valence-electron chi connectivity index (χ4n) is 0. The van der Waals surface area contributed by atoms with Crippen LogP contribution in [0.3, 0.4) is 0 Å². The van der Waals surface area contributed by atoms with Crippen LogP contribution in [0.2, 0.25) is 0 Å². The number of hydrogen-bond acceptors (Lipinski definition) is 1. The maximum atomic E-state index is 6.69. The van der Waals surface area contributed by atoms with Crippen molar-refractivity contribution in [3.05, 3.63) is 0 Å². The highest BCUT2D eigenvalue weighted by molar-refractivity contribution is 4.25. The van der Waals surface area contributed by atoms with E-state index >= 15 is 0 Å². The molecule has 1 heteroatoms. The van der Waals surface area contributed by atoms with E-state index in [0.29, 0.717) is 6.90 Å². The summed E-state index contributed by atoms with van der Waals surface area (Å²) in [7, 11) is 3.93. The maximum absolute atomic E-state index is 6.69. The van der Waals surface area contributed by atoms with Crippen LogP contribution < -0.4 is 0 Å². The van der Waals surface area contributed by atoms with Crippen LogP contribution in [0.5, 0.6) is 0 Å². The summed E-state index contributed by atoms with van der Waals surface area (Å²) in [4.78, 5) is 1.99. The van der Waals surface area contributed by atoms with Crippen LogP contribution >= 0.6 is 0 Å². The van der Waals surface area contributed by atoms with Gasteiger partial charge in [-0.05, 0) is 20.6 Å². The lowest BCUT2D eigenvalue weighted by Crippen LogP contribution is -2.08. The summed E-state index contributed by atoms with van der Waals surface area (Å²) in [5.41, 5.74) is 0. The average Bonchev–Trinajstić information content (AvgIpc) is 1.35. The molecule has 1 nitrogen and oxygen atoms in total. The molecular weight excluding hydrogens is 62.1 g/mol. The van der Waals surface area contributed by atoms with Gasteiger partial charge in [-0.3, -0.25) is 0 Å². The van der Waals surface area contributed by atoms with Crippen LogP contribution in [0.1, 0.15) is 8.27 Å². The molecule has 0 radical (unpaired) electrons. The van der Waals surface area contributed by atoms with Crippen molar-refractivity contribution in [1.82, 2.24) is 4.90 Å². The Labute approximate surface area is 35.0 Å². The smallest absolute Gasteiger partial charge is 0.0243 e. The first-order valence-electron chi connectivity index (χ1n) is 2.42. The van der Waals surface area contributed by atoms with Crippen LogP contribution in [0.15, 0.2) is 0 Å². The molecule has 0 unspecified atom stereocenters. The molecule has 0 fully saturated rings.